The molecule has 0 radical (unpaired) electrons. The zero-order valence-electron chi connectivity index (χ0n) is 8.24. The summed E-state index contributed by atoms with van der Waals surface area (Å²) < 4.78 is 0. The fraction of sp³-hybridized carbons (Fsp3) is 0.889. The van der Waals surface area contributed by atoms with Crippen LogP contribution in [0.5, 0.6) is 0 Å². The van der Waals surface area contributed by atoms with E-state index in [1.807, 2.05) is 0 Å². The highest BCUT2D eigenvalue weighted by atomic mass is 16.1. The molecule has 0 aromatic rings. The third-order valence-corrected chi connectivity index (χ3v) is 1.31. The third-order valence-electron chi connectivity index (χ3n) is 1.31. The van der Waals surface area contributed by atoms with E-state index in [0.29, 0.717) is 0 Å². The van der Waals surface area contributed by atoms with Gasteiger partial charge in [-0.05, 0) is 0 Å². The molecule has 0 aromatic heterocycles. The Morgan fingerprint density at radius 2 is 1.45 bits per heavy atom. The Morgan fingerprint density at radius 1 is 1.18 bits per heavy atom. The average Bonchev–Trinajstić information content (AvgIpc) is 2.02. The molecule has 0 aliphatic carbocycles. The van der Waals surface area contributed by atoms with Crippen molar-refractivity contribution in [3.05, 3.63) is 0 Å². The number of hydrogen-bond donors (Lipinski definition) is 1. The van der Waals surface area contributed by atoms with Crippen LogP contribution in [0.15, 0.2) is 0 Å². The Kier molecular flexibility index (Phi) is 14.5. The smallest absolute Gasteiger partial charge is 0.216 e. The van der Waals surface area contributed by atoms with Crippen molar-refractivity contribution in [2.75, 3.05) is 7.05 Å². The number of unbranched alkanes of at least 4 members (excludes halogenated alkanes) is 3. The number of carbonyl (C=O) groups excluding carboxylic acids is 1. The molecule has 0 aliphatic rings. The van der Waals surface area contributed by atoms with Gasteiger partial charge in [0.05, 0.1) is 0 Å². The third kappa shape index (κ3) is 26.4. The fourth-order valence-corrected chi connectivity index (χ4v) is 0.500. The molecule has 0 saturated carbocycles. The average molecular weight is 159 g/mol. The lowest BCUT2D eigenvalue weighted by atomic mass is 10.2. The summed E-state index contributed by atoms with van der Waals surface area (Å²) in [7, 11) is 1.60. The van der Waals surface area contributed by atoms with Crippen molar-refractivity contribution >= 4 is 5.91 Å². The van der Waals surface area contributed by atoms with Crippen LogP contribution in [0, 0.1) is 0 Å². The molecule has 1 N–H and O–H groups in total. The van der Waals surface area contributed by atoms with Gasteiger partial charge >= 0.3 is 0 Å². The van der Waals surface area contributed by atoms with E-state index in [9.17, 15) is 4.79 Å². The predicted octanol–water partition coefficient (Wildman–Crippen LogP) is 2.34. The van der Waals surface area contributed by atoms with Gasteiger partial charge in [-0.3, -0.25) is 4.79 Å². The van der Waals surface area contributed by atoms with Gasteiger partial charge in [0.15, 0.2) is 0 Å². The summed E-state index contributed by atoms with van der Waals surface area (Å²) in [5.74, 6) is 0.00463. The Balaban J connectivity index is 0. The van der Waals surface area contributed by atoms with Gasteiger partial charge < -0.3 is 5.32 Å². The van der Waals surface area contributed by atoms with Crippen molar-refractivity contribution < 1.29 is 4.79 Å². The second-order valence-electron chi connectivity index (χ2n) is 2.51. The van der Waals surface area contributed by atoms with E-state index in [4.69, 9.17) is 0 Å². The van der Waals surface area contributed by atoms with Crippen LogP contribution in [0.3, 0.4) is 0 Å². The zero-order valence-corrected chi connectivity index (χ0v) is 8.24. The van der Waals surface area contributed by atoms with Gasteiger partial charge in [0.25, 0.3) is 0 Å². The minimum absolute atomic E-state index is 0.00463. The minimum atomic E-state index is 0.00463. The number of hydrogen-bond acceptors (Lipinski definition) is 1. The van der Waals surface area contributed by atoms with E-state index in [0.717, 1.165) is 0 Å². The van der Waals surface area contributed by atoms with Gasteiger partial charge in [0.1, 0.15) is 0 Å². The highest BCUT2D eigenvalue weighted by Crippen LogP contribution is 1.95. The number of carbonyl (C=O) groups is 1. The first-order chi connectivity index (χ1) is 5.18. The second kappa shape index (κ2) is 12.2. The summed E-state index contributed by atoms with van der Waals surface area (Å²) in [6.07, 6.45) is 5.54. The maximum Gasteiger partial charge on any atom is 0.216 e. The standard InChI is InChI=1S/C6H14.C3H7NO/c1-3-5-6-4-2;1-3(5)4-2/h3-6H2,1-2H3;1-2H3,(H,4,5). The highest BCUT2D eigenvalue weighted by Gasteiger charge is 1.75. The quantitative estimate of drug-likeness (QED) is 0.629. The lowest BCUT2D eigenvalue weighted by Gasteiger charge is -1.86. The van der Waals surface area contributed by atoms with Gasteiger partial charge in [-0.15, -0.1) is 0 Å². The summed E-state index contributed by atoms with van der Waals surface area (Å²) in [6.45, 7) is 5.94. The summed E-state index contributed by atoms with van der Waals surface area (Å²) in [6, 6.07) is 0. The normalized spacial score (nSPS) is 8.00. The molecular weight excluding hydrogens is 138 g/mol. The molecule has 0 unspecified atom stereocenters. The molecule has 68 valence electrons. The molecule has 0 heterocycles. The van der Waals surface area contributed by atoms with Crippen molar-refractivity contribution in [1.82, 2.24) is 5.32 Å². The van der Waals surface area contributed by atoms with Crippen LogP contribution in [0.25, 0.3) is 0 Å². The maximum absolute atomic E-state index is 9.70. The predicted molar refractivity (Wildman–Crippen MR) is 49.6 cm³/mol. The second-order valence-corrected chi connectivity index (χ2v) is 2.51. The van der Waals surface area contributed by atoms with E-state index in [-0.39, 0.29) is 5.91 Å². The summed E-state index contributed by atoms with van der Waals surface area (Å²) in [5.41, 5.74) is 0. The lowest BCUT2D eigenvalue weighted by molar-refractivity contribution is -0.118. The molecule has 0 rings (SSSR count). The van der Waals surface area contributed by atoms with Gasteiger partial charge in [-0.25, -0.2) is 0 Å². The lowest BCUT2D eigenvalue weighted by Crippen LogP contribution is -2.11. The molecule has 0 atom stereocenters. The minimum Gasteiger partial charge on any atom is -0.359 e. The first kappa shape index (κ1) is 13.1. The van der Waals surface area contributed by atoms with Crippen LogP contribution < -0.4 is 5.32 Å². The van der Waals surface area contributed by atoms with Crippen molar-refractivity contribution in [1.29, 1.82) is 0 Å². The van der Waals surface area contributed by atoms with E-state index >= 15 is 0 Å². The van der Waals surface area contributed by atoms with E-state index in [1.54, 1.807) is 7.05 Å². The monoisotopic (exact) mass is 159 g/mol. The topological polar surface area (TPSA) is 29.1 Å². The van der Waals surface area contributed by atoms with Gasteiger partial charge in [0, 0.05) is 14.0 Å². The van der Waals surface area contributed by atoms with Crippen LogP contribution in [-0.2, 0) is 4.79 Å². The van der Waals surface area contributed by atoms with E-state index in [1.165, 1.54) is 32.6 Å². The molecule has 0 aromatic carbocycles. The molecule has 2 nitrogen and oxygen atoms in total. The van der Waals surface area contributed by atoms with Crippen molar-refractivity contribution in [2.24, 2.45) is 0 Å². The van der Waals surface area contributed by atoms with Crippen LogP contribution in [0.1, 0.15) is 46.5 Å². The largest absolute Gasteiger partial charge is 0.359 e. The molecule has 0 fully saturated rings. The molecule has 2 heteroatoms. The first-order valence-electron chi connectivity index (χ1n) is 4.37. The molecule has 0 bridgehead atoms. The molecular formula is C9H21NO. The Labute approximate surface area is 70.4 Å². The number of amides is 1. The van der Waals surface area contributed by atoms with Crippen molar-refractivity contribution in [3.63, 3.8) is 0 Å². The van der Waals surface area contributed by atoms with Crippen LogP contribution >= 0.6 is 0 Å². The molecule has 0 saturated heterocycles. The molecule has 11 heavy (non-hydrogen) atoms. The van der Waals surface area contributed by atoms with Crippen molar-refractivity contribution in [3.8, 4) is 0 Å². The zero-order chi connectivity index (χ0) is 9.11. The van der Waals surface area contributed by atoms with Crippen molar-refractivity contribution in [2.45, 2.75) is 46.5 Å². The number of rotatable bonds is 3. The van der Waals surface area contributed by atoms with Crippen LogP contribution in [0.2, 0.25) is 0 Å². The molecule has 0 aliphatic heterocycles. The highest BCUT2D eigenvalue weighted by molar-refractivity contribution is 5.72. The summed E-state index contributed by atoms with van der Waals surface area (Å²) >= 11 is 0. The number of nitrogens with one attached hydrogen (secondary N) is 1. The maximum atomic E-state index is 9.70. The Morgan fingerprint density at radius 3 is 1.55 bits per heavy atom. The van der Waals surface area contributed by atoms with E-state index in [2.05, 4.69) is 19.2 Å². The van der Waals surface area contributed by atoms with E-state index < -0.39 is 0 Å². The van der Waals surface area contributed by atoms with Crippen LogP contribution in [0.4, 0.5) is 0 Å². The van der Waals surface area contributed by atoms with Gasteiger partial charge in [-0.1, -0.05) is 39.5 Å². The first-order valence-corrected chi connectivity index (χ1v) is 4.37. The summed E-state index contributed by atoms with van der Waals surface area (Å²) in [5, 5.41) is 2.39. The summed E-state index contributed by atoms with van der Waals surface area (Å²) in [4.78, 5) is 9.70. The SMILES string of the molecule is CCCCCC.CNC(C)=O. The Hall–Kier alpha value is -0.530. The fourth-order valence-electron chi connectivity index (χ4n) is 0.500. The molecule has 1 amide bonds. The molecule has 0 spiro atoms. The Bertz CT molecular complexity index is 77.6. The van der Waals surface area contributed by atoms with Gasteiger partial charge in [-0.2, -0.15) is 0 Å². The van der Waals surface area contributed by atoms with Crippen LogP contribution in [-0.4, -0.2) is 13.0 Å². The van der Waals surface area contributed by atoms with Gasteiger partial charge in [0.2, 0.25) is 5.91 Å².